The van der Waals surface area contributed by atoms with Crippen molar-refractivity contribution in [3.05, 3.63) is 236 Å². The minimum Gasteiger partial charge on any atom is -0.310 e. The van der Waals surface area contributed by atoms with Crippen molar-refractivity contribution in [3.63, 3.8) is 0 Å². The Bertz CT molecular complexity index is 3230. The predicted molar refractivity (Wildman–Crippen MR) is 255 cm³/mol. The minimum atomic E-state index is -0.143. The van der Waals surface area contributed by atoms with Crippen LogP contribution >= 0.6 is 0 Å². The predicted octanol–water partition coefficient (Wildman–Crippen LogP) is 16.4. The van der Waals surface area contributed by atoms with E-state index in [1.807, 2.05) is 0 Å². The molecule has 1 aliphatic rings. The Kier molecular flexibility index (Phi) is 8.57. The normalized spacial score (nSPS) is 12.6. The van der Waals surface area contributed by atoms with Crippen LogP contribution in [-0.4, -0.2) is 0 Å². The van der Waals surface area contributed by atoms with Gasteiger partial charge in [0.2, 0.25) is 0 Å². The van der Waals surface area contributed by atoms with Crippen LogP contribution < -0.4 is 4.90 Å². The van der Waals surface area contributed by atoms with E-state index in [0.717, 1.165) is 17.1 Å². The number of benzene rings is 10. The first-order valence-electron chi connectivity index (χ1n) is 20.9. The molecule has 0 radical (unpaired) electrons. The molecule has 10 aromatic rings. The second-order valence-corrected chi connectivity index (χ2v) is 16.6. The molecule has 11 rings (SSSR count). The summed E-state index contributed by atoms with van der Waals surface area (Å²) in [7, 11) is 0. The van der Waals surface area contributed by atoms with Crippen molar-refractivity contribution in [3.8, 4) is 55.6 Å². The molecule has 0 aliphatic heterocycles. The molecule has 0 saturated carbocycles. The molecule has 0 N–H and O–H groups in total. The summed E-state index contributed by atoms with van der Waals surface area (Å²) in [4.78, 5) is 2.47. The lowest BCUT2D eigenvalue weighted by atomic mass is 9.82. The summed E-state index contributed by atoms with van der Waals surface area (Å²) in [5.74, 6) is 0. The zero-order valence-electron chi connectivity index (χ0n) is 33.8. The first-order chi connectivity index (χ1) is 29.5. The van der Waals surface area contributed by atoms with Gasteiger partial charge in [-0.2, -0.15) is 0 Å². The highest BCUT2D eigenvalue weighted by Gasteiger charge is 2.36. The van der Waals surface area contributed by atoms with Crippen molar-refractivity contribution in [2.24, 2.45) is 0 Å². The Hall–Kier alpha value is -7.48. The largest absolute Gasteiger partial charge is 0.310 e. The molecule has 0 saturated heterocycles. The molecular weight excluding hydrogens is 723 g/mol. The van der Waals surface area contributed by atoms with E-state index in [-0.39, 0.29) is 5.41 Å². The molecule has 0 aromatic heterocycles. The van der Waals surface area contributed by atoms with Crippen molar-refractivity contribution in [1.29, 1.82) is 0 Å². The molecule has 0 bridgehead atoms. The van der Waals surface area contributed by atoms with E-state index in [2.05, 4.69) is 243 Å². The molecule has 1 aliphatic carbocycles. The second-order valence-electron chi connectivity index (χ2n) is 16.6. The van der Waals surface area contributed by atoms with Crippen molar-refractivity contribution < 1.29 is 0 Å². The molecular formula is C59H43N. The highest BCUT2D eigenvalue weighted by molar-refractivity contribution is 5.96. The molecule has 284 valence electrons. The molecule has 0 fully saturated rings. The molecule has 0 atom stereocenters. The molecule has 0 heterocycles. The minimum absolute atomic E-state index is 0.143. The fraction of sp³-hybridized carbons (Fsp3) is 0.0508. The number of hydrogen-bond acceptors (Lipinski definition) is 1. The first kappa shape index (κ1) is 35.7. The number of hydrogen-bond donors (Lipinski definition) is 0. The Morgan fingerprint density at radius 2 is 0.683 bits per heavy atom. The van der Waals surface area contributed by atoms with Crippen molar-refractivity contribution in [1.82, 2.24) is 0 Å². The van der Waals surface area contributed by atoms with E-state index in [4.69, 9.17) is 0 Å². The van der Waals surface area contributed by atoms with Crippen LogP contribution in [0.2, 0.25) is 0 Å². The summed E-state index contributed by atoms with van der Waals surface area (Å²) in [6.07, 6.45) is 0. The number of rotatable bonds is 7. The van der Waals surface area contributed by atoms with Gasteiger partial charge < -0.3 is 4.90 Å². The van der Waals surface area contributed by atoms with Crippen LogP contribution in [0.1, 0.15) is 25.0 Å². The zero-order valence-corrected chi connectivity index (χ0v) is 33.8. The first-order valence-corrected chi connectivity index (χ1v) is 20.9. The summed E-state index contributed by atoms with van der Waals surface area (Å²) in [6.45, 7) is 4.73. The lowest BCUT2D eigenvalue weighted by molar-refractivity contribution is 0.660. The SMILES string of the molecule is CC1(C)c2ccccc2-c2ccc(N(c3ccc(-c4ccc5ccccc5c4)c(-c4ccccc4)c3)c3ccc(-c4ccccc4)c(-c4ccc5ccccc5c4)c3)cc21. The van der Waals surface area contributed by atoms with E-state index < -0.39 is 0 Å². The maximum absolute atomic E-state index is 2.47. The Morgan fingerprint density at radius 1 is 0.267 bits per heavy atom. The van der Waals surface area contributed by atoms with Crippen LogP contribution in [0.15, 0.2) is 224 Å². The van der Waals surface area contributed by atoms with Gasteiger partial charge in [0.15, 0.2) is 0 Å². The van der Waals surface area contributed by atoms with Crippen LogP contribution in [0.5, 0.6) is 0 Å². The molecule has 0 spiro atoms. The topological polar surface area (TPSA) is 3.24 Å². The maximum Gasteiger partial charge on any atom is 0.0468 e. The standard InChI is InChI=1S/C59H43N/c1-59(2)57-24-14-13-23-53(57)54-34-31-50(39-58(54)59)60(48-30-33-52(55(37-48)43-19-7-4-8-20-43)46-27-25-40-15-9-11-21-44(40)35-46)49-29-32-51(42-17-5-3-6-18-42)56(38-49)47-28-26-41-16-10-12-22-45(41)36-47/h3-39H,1-2H3. The Morgan fingerprint density at radius 3 is 1.28 bits per heavy atom. The summed E-state index contributed by atoms with van der Waals surface area (Å²) in [5, 5.41) is 4.95. The number of fused-ring (bicyclic) bond motifs is 5. The monoisotopic (exact) mass is 765 g/mol. The van der Waals surface area contributed by atoms with Crippen molar-refractivity contribution >= 4 is 38.6 Å². The van der Waals surface area contributed by atoms with Crippen LogP contribution in [0.25, 0.3) is 77.2 Å². The van der Waals surface area contributed by atoms with Crippen LogP contribution in [-0.2, 0) is 5.41 Å². The third-order valence-corrected chi connectivity index (χ3v) is 12.6. The van der Waals surface area contributed by atoms with E-state index >= 15 is 0 Å². The van der Waals surface area contributed by atoms with Gasteiger partial charge in [0, 0.05) is 22.5 Å². The fourth-order valence-corrected chi connectivity index (χ4v) is 9.55. The van der Waals surface area contributed by atoms with Crippen LogP contribution in [0.3, 0.4) is 0 Å². The van der Waals surface area contributed by atoms with Gasteiger partial charge in [0.1, 0.15) is 0 Å². The summed E-state index contributed by atoms with van der Waals surface area (Å²) in [5.41, 5.74) is 18.1. The smallest absolute Gasteiger partial charge is 0.0468 e. The van der Waals surface area contributed by atoms with Gasteiger partial charge in [-0.15, -0.1) is 0 Å². The van der Waals surface area contributed by atoms with Gasteiger partial charge in [-0.3, -0.25) is 0 Å². The van der Waals surface area contributed by atoms with Crippen LogP contribution in [0.4, 0.5) is 17.1 Å². The average Bonchev–Trinajstić information content (AvgIpc) is 3.54. The molecule has 10 aromatic carbocycles. The van der Waals surface area contributed by atoms with E-state index in [1.54, 1.807) is 0 Å². The zero-order chi connectivity index (χ0) is 40.2. The maximum atomic E-state index is 2.47. The molecule has 0 unspecified atom stereocenters. The van der Waals surface area contributed by atoms with E-state index in [0.29, 0.717) is 0 Å². The third kappa shape index (κ3) is 6.10. The lowest BCUT2D eigenvalue weighted by Gasteiger charge is -2.30. The quantitative estimate of drug-likeness (QED) is 0.156. The second kappa shape index (κ2) is 14.4. The highest BCUT2D eigenvalue weighted by Crippen LogP contribution is 2.51. The third-order valence-electron chi connectivity index (χ3n) is 12.6. The molecule has 0 amide bonds. The molecule has 1 heteroatoms. The Balaban J connectivity index is 1.15. The van der Waals surface area contributed by atoms with E-state index in [9.17, 15) is 0 Å². The number of nitrogens with zero attached hydrogens (tertiary/aromatic N) is 1. The molecule has 1 nitrogen and oxygen atoms in total. The molecule has 60 heavy (non-hydrogen) atoms. The Labute approximate surface area is 352 Å². The van der Waals surface area contributed by atoms with Gasteiger partial charge in [-0.05, 0) is 137 Å². The summed E-state index contributed by atoms with van der Waals surface area (Å²) >= 11 is 0. The van der Waals surface area contributed by atoms with Gasteiger partial charge in [-0.25, -0.2) is 0 Å². The fourth-order valence-electron chi connectivity index (χ4n) is 9.55. The van der Waals surface area contributed by atoms with E-state index in [1.165, 1.54) is 88.3 Å². The van der Waals surface area contributed by atoms with Gasteiger partial charge >= 0.3 is 0 Å². The van der Waals surface area contributed by atoms with Crippen molar-refractivity contribution in [2.45, 2.75) is 19.3 Å². The van der Waals surface area contributed by atoms with Crippen LogP contribution in [0, 0.1) is 0 Å². The van der Waals surface area contributed by atoms with Gasteiger partial charge in [-0.1, -0.05) is 190 Å². The summed E-state index contributed by atoms with van der Waals surface area (Å²) in [6, 6.07) is 82.7. The van der Waals surface area contributed by atoms with Gasteiger partial charge in [0.05, 0.1) is 0 Å². The average molecular weight is 766 g/mol. The number of anilines is 3. The summed E-state index contributed by atoms with van der Waals surface area (Å²) < 4.78 is 0. The highest BCUT2D eigenvalue weighted by atomic mass is 15.1. The lowest BCUT2D eigenvalue weighted by Crippen LogP contribution is -2.16. The van der Waals surface area contributed by atoms with Crippen molar-refractivity contribution in [2.75, 3.05) is 4.90 Å². The van der Waals surface area contributed by atoms with Gasteiger partial charge in [0.25, 0.3) is 0 Å².